The lowest BCUT2D eigenvalue weighted by Crippen LogP contribution is -2.14. The molecule has 0 atom stereocenters. The van der Waals surface area contributed by atoms with Crippen LogP contribution in [0.4, 0.5) is 11.4 Å². The van der Waals surface area contributed by atoms with Gasteiger partial charge < -0.3 is 5.32 Å². The molecule has 0 fully saturated rings. The van der Waals surface area contributed by atoms with Crippen LogP contribution >= 0.6 is 34.9 Å². The topological polar surface area (TPSA) is 129 Å². The molecule has 0 radical (unpaired) electrons. The second kappa shape index (κ2) is 11.5. The van der Waals surface area contributed by atoms with Crippen LogP contribution in [-0.2, 0) is 17.1 Å². The van der Waals surface area contributed by atoms with Gasteiger partial charge in [-0.25, -0.2) is 9.67 Å². The molecule has 2 heterocycles. The highest BCUT2D eigenvalue weighted by molar-refractivity contribution is 8.00. The highest BCUT2D eigenvalue weighted by Gasteiger charge is 2.12. The highest BCUT2D eigenvalue weighted by atomic mass is 32.2. The number of non-ortho nitro benzene ring substituents is 1. The van der Waals surface area contributed by atoms with Gasteiger partial charge in [-0.15, -0.1) is 16.4 Å². The Balaban J connectivity index is 1.16. The SMILES string of the molecule is O=C(CSc1nnnn1Cc1ccccc1)Nc1ccc2nc(SCc3ccc([N+](=O)[O-])cc3)sc2c1. The summed E-state index contributed by atoms with van der Waals surface area (Å²) in [4.78, 5) is 27.6. The molecule has 0 saturated heterocycles. The highest BCUT2D eigenvalue weighted by Crippen LogP contribution is 2.33. The zero-order chi connectivity index (χ0) is 25.6. The van der Waals surface area contributed by atoms with Gasteiger partial charge in [0.2, 0.25) is 11.1 Å². The molecule has 0 saturated carbocycles. The number of nitrogens with zero attached hydrogens (tertiary/aromatic N) is 6. The fraction of sp³-hybridized carbons (Fsp3) is 0.125. The van der Waals surface area contributed by atoms with E-state index in [2.05, 4.69) is 25.8 Å². The van der Waals surface area contributed by atoms with E-state index in [0.29, 0.717) is 23.1 Å². The lowest BCUT2D eigenvalue weighted by atomic mass is 10.2. The third-order valence-corrected chi connectivity index (χ3v) is 8.36. The van der Waals surface area contributed by atoms with Gasteiger partial charge in [-0.05, 0) is 39.8 Å². The molecule has 0 bridgehead atoms. The minimum atomic E-state index is -0.408. The number of benzene rings is 3. The van der Waals surface area contributed by atoms with Crippen molar-refractivity contribution in [3.63, 3.8) is 0 Å². The van der Waals surface area contributed by atoms with Gasteiger partial charge in [0.1, 0.15) is 0 Å². The van der Waals surface area contributed by atoms with Crippen molar-refractivity contribution in [3.05, 3.63) is 94.0 Å². The predicted octanol–water partition coefficient (Wildman–Crippen LogP) is 5.26. The molecule has 3 aromatic carbocycles. The molecule has 1 amide bonds. The summed E-state index contributed by atoms with van der Waals surface area (Å²) in [5.41, 5.74) is 3.67. The Kier molecular flexibility index (Phi) is 7.73. The number of hydrogen-bond acceptors (Lipinski definition) is 10. The number of carbonyl (C=O) groups is 1. The quantitative estimate of drug-likeness (QED) is 0.141. The number of thiazole rings is 1. The molecule has 10 nitrogen and oxygen atoms in total. The zero-order valence-corrected chi connectivity index (χ0v) is 21.6. The maximum atomic E-state index is 12.6. The average molecular weight is 550 g/mol. The molecule has 0 aliphatic heterocycles. The molecular formula is C24H19N7O3S3. The van der Waals surface area contributed by atoms with Crippen LogP contribution in [0, 0.1) is 10.1 Å². The molecule has 13 heteroatoms. The van der Waals surface area contributed by atoms with Gasteiger partial charge in [0.05, 0.1) is 27.4 Å². The largest absolute Gasteiger partial charge is 0.325 e. The van der Waals surface area contributed by atoms with E-state index in [0.717, 1.165) is 25.7 Å². The van der Waals surface area contributed by atoms with Crippen LogP contribution < -0.4 is 5.32 Å². The smallest absolute Gasteiger partial charge is 0.269 e. The van der Waals surface area contributed by atoms with Crippen molar-refractivity contribution < 1.29 is 9.72 Å². The van der Waals surface area contributed by atoms with Crippen molar-refractivity contribution >= 4 is 62.4 Å². The number of rotatable bonds is 10. The number of anilines is 1. The number of nitrogens with one attached hydrogen (secondary N) is 1. The van der Waals surface area contributed by atoms with Crippen molar-refractivity contribution in [2.45, 2.75) is 21.8 Å². The third kappa shape index (κ3) is 6.50. The van der Waals surface area contributed by atoms with Crippen LogP contribution in [0.25, 0.3) is 10.2 Å². The fourth-order valence-electron chi connectivity index (χ4n) is 3.38. The number of fused-ring (bicyclic) bond motifs is 1. The van der Waals surface area contributed by atoms with Gasteiger partial charge in [0.15, 0.2) is 4.34 Å². The summed E-state index contributed by atoms with van der Waals surface area (Å²) in [6, 6.07) is 22.0. The lowest BCUT2D eigenvalue weighted by Gasteiger charge is -2.06. The second-order valence-corrected chi connectivity index (χ2v) is 11.0. The van der Waals surface area contributed by atoms with E-state index in [9.17, 15) is 14.9 Å². The standard InChI is InChI=1S/C24H19N7O3S3/c32-22(15-35-23-27-28-29-30(23)13-16-4-2-1-3-5-16)25-18-8-11-20-21(12-18)37-24(26-20)36-14-17-6-9-19(10-7-17)31(33)34/h1-12H,13-15H2,(H,25,32). The monoisotopic (exact) mass is 549 g/mol. The van der Waals surface area contributed by atoms with Crippen molar-refractivity contribution in [3.8, 4) is 0 Å². The first-order valence-corrected chi connectivity index (χ1v) is 13.8. The van der Waals surface area contributed by atoms with Crippen LogP contribution in [0.5, 0.6) is 0 Å². The fourth-order valence-corrected chi connectivity index (χ4v) is 6.12. The maximum absolute atomic E-state index is 12.6. The molecule has 0 unspecified atom stereocenters. The molecule has 186 valence electrons. The molecule has 2 aromatic heterocycles. The van der Waals surface area contributed by atoms with E-state index < -0.39 is 4.92 Å². The zero-order valence-electron chi connectivity index (χ0n) is 19.2. The normalized spacial score (nSPS) is 11.0. The average Bonchev–Trinajstić information content (AvgIpc) is 3.53. The Hall–Kier alpha value is -3.81. The maximum Gasteiger partial charge on any atom is 0.269 e. The molecule has 0 spiro atoms. The number of hydrogen-bond donors (Lipinski definition) is 1. The molecule has 0 aliphatic rings. The minimum Gasteiger partial charge on any atom is -0.325 e. The Bertz CT molecular complexity index is 1540. The Labute approximate surface area is 223 Å². The van der Waals surface area contributed by atoms with E-state index in [1.165, 1.54) is 35.2 Å². The van der Waals surface area contributed by atoms with E-state index in [-0.39, 0.29) is 17.3 Å². The Morgan fingerprint density at radius 3 is 2.62 bits per heavy atom. The molecule has 1 N–H and O–H groups in total. The van der Waals surface area contributed by atoms with Crippen LogP contribution in [0.2, 0.25) is 0 Å². The van der Waals surface area contributed by atoms with Crippen molar-refractivity contribution in [1.82, 2.24) is 25.2 Å². The summed E-state index contributed by atoms with van der Waals surface area (Å²) >= 11 is 4.38. The molecule has 5 aromatic rings. The van der Waals surface area contributed by atoms with Crippen LogP contribution in [-0.4, -0.2) is 41.8 Å². The summed E-state index contributed by atoms with van der Waals surface area (Å²) in [6.45, 7) is 0.532. The van der Waals surface area contributed by atoms with Crippen molar-refractivity contribution in [2.24, 2.45) is 0 Å². The first-order valence-electron chi connectivity index (χ1n) is 11.0. The molecule has 0 aliphatic carbocycles. The molecular weight excluding hydrogens is 531 g/mol. The van der Waals surface area contributed by atoms with E-state index in [1.54, 1.807) is 28.6 Å². The number of thioether (sulfide) groups is 2. The van der Waals surface area contributed by atoms with Crippen molar-refractivity contribution in [2.75, 3.05) is 11.1 Å². The number of amides is 1. The number of aromatic nitrogens is 5. The number of nitro groups is 1. The minimum absolute atomic E-state index is 0.0763. The van der Waals surface area contributed by atoms with Gasteiger partial charge in [0, 0.05) is 23.6 Å². The van der Waals surface area contributed by atoms with Crippen LogP contribution in [0.3, 0.4) is 0 Å². The van der Waals surface area contributed by atoms with Gasteiger partial charge in [0.25, 0.3) is 5.69 Å². The first kappa shape index (κ1) is 24.9. The summed E-state index contributed by atoms with van der Waals surface area (Å²) < 4.78 is 3.52. The molecule has 5 rings (SSSR count). The van der Waals surface area contributed by atoms with Crippen LogP contribution in [0.1, 0.15) is 11.1 Å². The Morgan fingerprint density at radius 2 is 1.84 bits per heavy atom. The van der Waals surface area contributed by atoms with Crippen LogP contribution in [0.15, 0.2) is 82.3 Å². The van der Waals surface area contributed by atoms with E-state index >= 15 is 0 Å². The van der Waals surface area contributed by atoms with Gasteiger partial charge in [-0.2, -0.15) is 0 Å². The predicted molar refractivity (Wildman–Crippen MR) is 145 cm³/mol. The number of carbonyl (C=O) groups excluding carboxylic acids is 1. The van der Waals surface area contributed by atoms with Gasteiger partial charge in [-0.3, -0.25) is 14.9 Å². The third-order valence-electron chi connectivity index (χ3n) is 5.17. The summed E-state index contributed by atoms with van der Waals surface area (Å²) in [5.74, 6) is 0.671. The number of nitro benzene ring substituents is 1. The summed E-state index contributed by atoms with van der Waals surface area (Å²) in [7, 11) is 0. The van der Waals surface area contributed by atoms with Gasteiger partial charge in [-0.1, -0.05) is 66.0 Å². The molecule has 37 heavy (non-hydrogen) atoms. The Morgan fingerprint density at radius 1 is 1.03 bits per heavy atom. The summed E-state index contributed by atoms with van der Waals surface area (Å²) in [5, 5.41) is 26.1. The van der Waals surface area contributed by atoms with Gasteiger partial charge >= 0.3 is 0 Å². The van der Waals surface area contributed by atoms with Crippen molar-refractivity contribution in [1.29, 1.82) is 0 Å². The second-order valence-electron chi connectivity index (χ2n) is 7.82. The number of tetrazole rings is 1. The van der Waals surface area contributed by atoms with E-state index in [4.69, 9.17) is 0 Å². The van der Waals surface area contributed by atoms with E-state index in [1.807, 2.05) is 48.5 Å². The first-order chi connectivity index (χ1) is 18.0. The lowest BCUT2D eigenvalue weighted by molar-refractivity contribution is -0.384. The summed E-state index contributed by atoms with van der Waals surface area (Å²) in [6.07, 6.45) is 0.